The molecule has 2 aliphatic rings. The monoisotopic (exact) mass is 368 g/mol. The topological polar surface area (TPSA) is 76.6 Å². The number of hydrogen-bond donors (Lipinski definition) is 1. The number of carbonyl (C=O) groups is 1. The molecule has 7 nitrogen and oxygen atoms in total. The Morgan fingerprint density at radius 3 is 2.85 bits per heavy atom. The van der Waals surface area contributed by atoms with Crippen LogP contribution >= 0.6 is 0 Å². The van der Waals surface area contributed by atoms with E-state index in [-0.39, 0.29) is 11.9 Å². The first-order valence-corrected chi connectivity index (χ1v) is 9.43. The Morgan fingerprint density at radius 2 is 2.11 bits per heavy atom. The van der Waals surface area contributed by atoms with Crippen LogP contribution < -0.4 is 10.1 Å². The van der Waals surface area contributed by atoms with E-state index in [9.17, 15) is 4.79 Å². The molecular formula is C20H24N4O3. The maximum Gasteiger partial charge on any atom is 0.258 e. The molecule has 1 aromatic carbocycles. The third-order valence-corrected chi connectivity index (χ3v) is 4.90. The van der Waals surface area contributed by atoms with E-state index in [1.54, 1.807) is 17.3 Å². The summed E-state index contributed by atoms with van der Waals surface area (Å²) < 4.78 is 10.9. The first-order chi connectivity index (χ1) is 13.2. The van der Waals surface area contributed by atoms with Gasteiger partial charge in [-0.3, -0.25) is 4.79 Å². The first kappa shape index (κ1) is 17.7. The summed E-state index contributed by atoms with van der Waals surface area (Å²) in [6, 6.07) is 6.51. The van der Waals surface area contributed by atoms with E-state index >= 15 is 0 Å². The van der Waals surface area contributed by atoms with Crippen molar-refractivity contribution in [2.24, 2.45) is 0 Å². The van der Waals surface area contributed by atoms with E-state index in [1.165, 1.54) is 11.1 Å². The van der Waals surface area contributed by atoms with E-state index in [4.69, 9.17) is 9.47 Å². The van der Waals surface area contributed by atoms with Gasteiger partial charge in [0.05, 0.1) is 18.8 Å². The zero-order chi connectivity index (χ0) is 18.6. The Balaban J connectivity index is 1.37. The second-order valence-electron chi connectivity index (χ2n) is 6.87. The van der Waals surface area contributed by atoms with E-state index in [0.29, 0.717) is 38.0 Å². The fraction of sp³-hybridized carbons (Fsp3) is 0.450. The summed E-state index contributed by atoms with van der Waals surface area (Å²) in [5.41, 5.74) is 3.12. The molecule has 4 rings (SSSR count). The number of benzene rings is 1. The van der Waals surface area contributed by atoms with Crippen LogP contribution in [0.5, 0.6) is 5.75 Å². The number of nitrogens with one attached hydrogen (secondary N) is 1. The molecule has 2 heterocycles. The molecule has 1 amide bonds. The van der Waals surface area contributed by atoms with Gasteiger partial charge in [-0.15, -0.1) is 0 Å². The quantitative estimate of drug-likeness (QED) is 0.873. The molecule has 0 bridgehead atoms. The third-order valence-electron chi connectivity index (χ3n) is 4.90. The van der Waals surface area contributed by atoms with Crippen molar-refractivity contribution in [3.63, 3.8) is 0 Å². The molecule has 1 aliphatic carbocycles. The summed E-state index contributed by atoms with van der Waals surface area (Å²) in [7, 11) is 0. The zero-order valence-corrected chi connectivity index (χ0v) is 15.5. The molecular weight excluding hydrogens is 344 g/mol. The highest BCUT2D eigenvalue weighted by Crippen LogP contribution is 2.27. The molecule has 2 aromatic rings. The van der Waals surface area contributed by atoms with E-state index < -0.39 is 0 Å². The molecule has 1 unspecified atom stereocenters. The van der Waals surface area contributed by atoms with Crippen molar-refractivity contribution < 1.29 is 14.3 Å². The van der Waals surface area contributed by atoms with E-state index in [1.807, 2.05) is 13.0 Å². The van der Waals surface area contributed by atoms with Gasteiger partial charge in [-0.2, -0.15) is 0 Å². The molecule has 0 radical (unpaired) electrons. The summed E-state index contributed by atoms with van der Waals surface area (Å²) >= 11 is 0. The molecule has 0 saturated carbocycles. The summed E-state index contributed by atoms with van der Waals surface area (Å²) in [5.74, 6) is 1.37. The average molecular weight is 368 g/mol. The number of aromatic nitrogens is 2. The highest BCUT2D eigenvalue weighted by atomic mass is 16.5. The fourth-order valence-electron chi connectivity index (χ4n) is 3.59. The standard InChI is InChI=1S/C20H24N4O3/c1-2-27-18-5-4-14-8-17(9-15(14)10-18)23-20-21-11-16(12-22-20)19(25)24-6-3-7-26-13-24/h4-5,10-12,17H,2-3,6-9,13H2,1H3,(H,21,22,23). The Labute approximate surface area is 158 Å². The molecule has 7 heteroatoms. The van der Waals surface area contributed by atoms with Crippen LogP contribution in [0.2, 0.25) is 0 Å². The van der Waals surface area contributed by atoms with Crippen molar-refractivity contribution in [3.05, 3.63) is 47.3 Å². The lowest BCUT2D eigenvalue weighted by Gasteiger charge is -2.26. The largest absolute Gasteiger partial charge is 0.494 e. The van der Waals surface area contributed by atoms with Crippen molar-refractivity contribution in [2.75, 3.05) is 31.8 Å². The van der Waals surface area contributed by atoms with Crippen LogP contribution in [0.4, 0.5) is 5.95 Å². The second-order valence-corrected chi connectivity index (χ2v) is 6.87. The van der Waals surface area contributed by atoms with E-state index in [0.717, 1.165) is 25.0 Å². The van der Waals surface area contributed by atoms with Crippen LogP contribution in [0.15, 0.2) is 30.6 Å². The van der Waals surface area contributed by atoms with Crippen LogP contribution in [-0.4, -0.2) is 53.3 Å². The van der Waals surface area contributed by atoms with Crippen molar-refractivity contribution in [1.29, 1.82) is 0 Å². The van der Waals surface area contributed by atoms with Gasteiger partial charge in [-0.05, 0) is 49.4 Å². The number of fused-ring (bicyclic) bond motifs is 1. The third kappa shape index (κ3) is 4.03. The van der Waals surface area contributed by atoms with Gasteiger partial charge < -0.3 is 19.7 Å². The molecule has 1 aromatic heterocycles. The minimum Gasteiger partial charge on any atom is -0.494 e. The number of nitrogens with zero attached hydrogens (tertiary/aromatic N) is 3. The number of hydrogen-bond acceptors (Lipinski definition) is 6. The predicted octanol–water partition coefficient (Wildman–Crippen LogP) is 2.27. The molecule has 1 fully saturated rings. The molecule has 1 atom stereocenters. The van der Waals surface area contributed by atoms with Crippen molar-refractivity contribution >= 4 is 11.9 Å². The Kier molecular flexibility index (Phi) is 5.20. The van der Waals surface area contributed by atoms with Crippen molar-refractivity contribution in [3.8, 4) is 5.75 Å². The normalized spacial score (nSPS) is 18.9. The molecule has 27 heavy (non-hydrogen) atoms. The fourth-order valence-corrected chi connectivity index (χ4v) is 3.59. The van der Waals surface area contributed by atoms with Crippen molar-refractivity contribution in [2.45, 2.75) is 32.2 Å². The minimum atomic E-state index is -0.0852. The lowest BCUT2D eigenvalue weighted by atomic mass is 10.1. The van der Waals surface area contributed by atoms with Gasteiger partial charge in [0.15, 0.2) is 0 Å². The van der Waals surface area contributed by atoms with Crippen LogP contribution in [0.1, 0.15) is 34.8 Å². The van der Waals surface area contributed by atoms with E-state index in [2.05, 4.69) is 27.4 Å². The number of amides is 1. The Bertz CT molecular complexity index is 803. The summed E-state index contributed by atoms with van der Waals surface area (Å²) in [4.78, 5) is 22.8. The van der Waals surface area contributed by atoms with Gasteiger partial charge in [0, 0.05) is 25.0 Å². The van der Waals surface area contributed by atoms with Gasteiger partial charge >= 0.3 is 0 Å². The SMILES string of the molecule is CCOc1ccc2c(c1)CC(Nc1ncc(C(=O)N3CCCOC3)cn1)C2. The number of ether oxygens (including phenoxy) is 2. The maximum atomic E-state index is 12.4. The lowest BCUT2D eigenvalue weighted by molar-refractivity contribution is -0.00575. The smallest absolute Gasteiger partial charge is 0.258 e. The number of carbonyl (C=O) groups excluding carboxylic acids is 1. The van der Waals surface area contributed by atoms with Gasteiger partial charge in [0.1, 0.15) is 12.5 Å². The maximum absolute atomic E-state index is 12.4. The predicted molar refractivity (Wildman–Crippen MR) is 101 cm³/mol. The minimum absolute atomic E-state index is 0.0852. The molecule has 0 spiro atoms. The zero-order valence-electron chi connectivity index (χ0n) is 15.5. The first-order valence-electron chi connectivity index (χ1n) is 9.43. The Hall–Kier alpha value is -2.67. The summed E-state index contributed by atoms with van der Waals surface area (Å²) in [6.45, 7) is 4.41. The van der Waals surface area contributed by atoms with Crippen molar-refractivity contribution in [1.82, 2.24) is 14.9 Å². The number of anilines is 1. The highest BCUT2D eigenvalue weighted by Gasteiger charge is 2.23. The number of rotatable bonds is 5. The molecule has 1 N–H and O–H groups in total. The van der Waals surface area contributed by atoms with Gasteiger partial charge in [-0.25, -0.2) is 9.97 Å². The summed E-state index contributed by atoms with van der Waals surface area (Å²) in [6.07, 6.45) is 5.87. The molecule has 1 aliphatic heterocycles. The summed E-state index contributed by atoms with van der Waals surface area (Å²) in [5, 5.41) is 3.37. The Morgan fingerprint density at radius 1 is 1.30 bits per heavy atom. The van der Waals surface area contributed by atoms with Crippen LogP contribution in [0, 0.1) is 0 Å². The van der Waals surface area contributed by atoms with Crippen LogP contribution in [-0.2, 0) is 17.6 Å². The van der Waals surface area contributed by atoms with Gasteiger partial charge in [0.25, 0.3) is 5.91 Å². The van der Waals surface area contributed by atoms with Crippen LogP contribution in [0.3, 0.4) is 0 Å². The highest BCUT2D eigenvalue weighted by molar-refractivity contribution is 5.93. The molecule has 1 saturated heterocycles. The van der Waals surface area contributed by atoms with Crippen LogP contribution in [0.25, 0.3) is 0 Å². The van der Waals surface area contributed by atoms with Gasteiger partial charge in [0.2, 0.25) is 5.95 Å². The average Bonchev–Trinajstić information content (AvgIpc) is 3.10. The lowest BCUT2D eigenvalue weighted by Crippen LogP contribution is -2.38. The van der Waals surface area contributed by atoms with Gasteiger partial charge in [-0.1, -0.05) is 6.07 Å². The molecule has 142 valence electrons. The second kappa shape index (κ2) is 7.92.